The van der Waals surface area contributed by atoms with E-state index in [1.807, 2.05) is 18.2 Å². The van der Waals surface area contributed by atoms with Crippen LogP contribution in [0, 0.1) is 0 Å². The average molecular weight is 227 g/mol. The molecule has 1 aliphatic heterocycles. The molecule has 0 saturated carbocycles. The summed E-state index contributed by atoms with van der Waals surface area (Å²) >= 11 is 0. The molecule has 1 heterocycles. The van der Waals surface area contributed by atoms with Gasteiger partial charge >= 0.3 is 0 Å². The second-order valence-corrected chi connectivity index (χ2v) is 4.17. The smallest absolute Gasteiger partial charge is 0.221 e. The fraction of sp³-hybridized carbons (Fsp3) is 0.231. The van der Waals surface area contributed by atoms with E-state index in [0.29, 0.717) is 6.41 Å². The molecule has 1 unspecified atom stereocenters. The van der Waals surface area contributed by atoms with Crippen molar-refractivity contribution >= 4 is 12.0 Å². The van der Waals surface area contributed by atoms with Gasteiger partial charge < -0.3 is 0 Å². The first-order valence-electron chi connectivity index (χ1n) is 5.73. The van der Waals surface area contributed by atoms with E-state index < -0.39 is 0 Å². The minimum absolute atomic E-state index is 0.146. The van der Waals surface area contributed by atoms with Gasteiger partial charge in [-0.1, -0.05) is 24.3 Å². The molecule has 1 aliphatic carbocycles. The van der Waals surface area contributed by atoms with Crippen molar-refractivity contribution in [3.05, 3.63) is 46.6 Å². The first-order valence-corrected chi connectivity index (χ1v) is 5.73. The molecule has 4 heteroatoms. The van der Waals surface area contributed by atoms with Crippen LogP contribution in [-0.4, -0.2) is 12.5 Å². The quantitative estimate of drug-likeness (QED) is 0.553. The number of allylic oxidation sites excluding steroid dienone is 1. The second kappa shape index (κ2) is 4.14. The number of fused-ring (bicyclic) bond motifs is 2. The maximum Gasteiger partial charge on any atom is 0.221 e. The van der Waals surface area contributed by atoms with E-state index in [0.717, 1.165) is 23.9 Å². The Labute approximate surface area is 98.7 Å². The highest BCUT2D eigenvalue weighted by molar-refractivity contribution is 5.71. The van der Waals surface area contributed by atoms with Crippen molar-refractivity contribution in [3.63, 3.8) is 0 Å². The van der Waals surface area contributed by atoms with Gasteiger partial charge in [-0.3, -0.25) is 10.2 Å². The van der Waals surface area contributed by atoms with Crippen LogP contribution < -0.4 is 21.4 Å². The van der Waals surface area contributed by atoms with Crippen molar-refractivity contribution in [1.82, 2.24) is 10.9 Å². The molecule has 2 aliphatic rings. The monoisotopic (exact) mass is 227 g/mol. The summed E-state index contributed by atoms with van der Waals surface area (Å²) in [4.78, 5) is 15.0. The molecular weight excluding hydrogens is 214 g/mol. The van der Waals surface area contributed by atoms with Crippen LogP contribution in [0.2, 0.25) is 0 Å². The third-order valence-corrected chi connectivity index (χ3v) is 3.17. The van der Waals surface area contributed by atoms with Crippen molar-refractivity contribution in [2.24, 2.45) is 4.99 Å². The zero-order valence-corrected chi connectivity index (χ0v) is 9.31. The Balaban J connectivity index is 2.12. The van der Waals surface area contributed by atoms with Crippen molar-refractivity contribution in [1.29, 1.82) is 0 Å². The van der Waals surface area contributed by atoms with Gasteiger partial charge in [-0.05, 0) is 18.9 Å². The van der Waals surface area contributed by atoms with Crippen LogP contribution in [0.4, 0.5) is 0 Å². The molecule has 17 heavy (non-hydrogen) atoms. The van der Waals surface area contributed by atoms with E-state index in [2.05, 4.69) is 28.0 Å². The summed E-state index contributed by atoms with van der Waals surface area (Å²) in [6.07, 6.45) is 4.78. The lowest BCUT2D eigenvalue weighted by atomic mass is 9.93. The Bertz CT molecular complexity index is 603. The number of carbonyl (C=O) groups is 1. The standard InChI is InChI=1S/C13H13N3O/c17-8-14-16-12-7-3-6-11-13(12)9-4-1-2-5-10(9)15-11/h1-2,4-6,8,12,16H,3,7H2,(H,14,17). The Morgan fingerprint density at radius 3 is 3.12 bits per heavy atom. The number of nitrogens with zero attached hydrogens (tertiary/aromatic N) is 1. The van der Waals surface area contributed by atoms with Crippen molar-refractivity contribution in [3.8, 4) is 0 Å². The molecule has 4 nitrogen and oxygen atoms in total. The summed E-state index contributed by atoms with van der Waals surface area (Å²) in [6, 6.07) is 8.25. The molecule has 1 amide bonds. The van der Waals surface area contributed by atoms with Crippen molar-refractivity contribution in [2.45, 2.75) is 18.9 Å². The van der Waals surface area contributed by atoms with Gasteiger partial charge in [0.05, 0.1) is 17.1 Å². The fourth-order valence-corrected chi connectivity index (χ4v) is 2.46. The van der Waals surface area contributed by atoms with Gasteiger partial charge in [0.15, 0.2) is 0 Å². The Kier molecular flexibility index (Phi) is 2.49. The lowest BCUT2D eigenvalue weighted by Gasteiger charge is -2.23. The van der Waals surface area contributed by atoms with Gasteiger partial charge in [-0.15, -0.1) is 0 Å². The molecule has 2 N–H and O–H groups in total. The molecule has 0 fully saturated rings. The van der Waals surface area contributed by atoms with Gasteiger partial charge in [0, 0.05) is 10.8 Å². The molecule has 0 saturated heterocycles. The summed E-state index contributed by atoms with van der Waals surface area (Å²) in [5.74, 6) is 0. The normalized spacial score (nSPS) is 21.1. The van der Waals surface area contributed by atoms with Crippen LogP contribution in [0.3, 0.4) is 0 Å². The van der Waals surface area contributed by atoms with Crippen LogP contribution in [0.25, 0.3) is 5.57 Å². The summed E-state index contributed by atoms with van der Waals surface area (Å²) < 4.78 is 0. The minimum Gasteiger partial charge on any atom is -0.294 e. The van der Waals surface area contributed by atoms with Crippen LogP contribution in [0.5, 0.6) is 0 Å². The van der Waals surface area contributed by atoms with Gasteiger partial charge in [0.1, 0.15) is 0 Å². The topological polar surface area (TPSA) is 53.5 Å². The fourth-order valence-electron chi connectivity index (χ4n) is 2.46. The first kappa shape index (κ1) is 10.2. The predicted molar refractivity (Wildman–Crippen MR) is 64.1 cm³/mol. The zero-order valence-electron chi connectivity index (χ0n) is 9.31. The summed E-state index contributed by atoms with van der Waals surface area (Å²) in [5, 5.41) is 2.19. The van der Waals surface area contributed by atoms with Crippen LogP contribution in [-0.2, 0) is 4.79 Å². The Morgan fingerprint density at radius 2 is 2.24 bits per heavy atom. The highest BCUT2D eigenvalue weighted by atomic mass is 16.1. The molecule has 0 radical (unpaired) electrons. The van der Waals surface area contributed by atoms with E-state index in [-0.39, 0.29) is 6.04 Å². The number of hydrogen-bond acceptors (Lipinski definition) is 3. The predicted octanol–water partition coefficient (Wildman–Crippen LogP) is -0.233. The summed E-state index contributed by atoms with van der Waals surface area (Å²) in [6.45, 7) is 0. The maximum absolute atomic E-state index is 10.4. The summed E-state index contributed by atoms with van der Waals surface area (Å²) in [7, 11) is 0. The van der Waals surface area contributed by atoms with E-state index >= 15 is 0 Å². The molecular formula is C13H13N3O. The maximum atomic E-state index is 10.4. The number of carbonyl (C=O) groups excluding carboxylic acids is 1. The summed E-state index contributed by atoms with van der Waals surface area (Å²) in [5.41, 5.74) is 7.81. The van der Waals surface area contributed by atoms with Gasteiger partial charge in [-0.25, -0.2) is 10.4 Å². The SMILES string of the molecule is O=CNNC1CCC=C2N=c3ccccc3=C21. The highest BCUT2D eigenvalue weighted by Gasteiger charge is 2.24. The molecule has 0 bridgehead atoms. The molecule has 0 aromatic heterocycles. The van der Waals surface area contributed by atoms with Crippen LogP contribution in [0.1, 0.15) is 12.8 Å². The van der Waals surface area contributed by atoms with Gasteiger partial charge in [-0.2, -0.15) is 0 Å². The largest absolute Gasteiger partial charge is 0.294 e. The zero-order chi connectivity index (χ0) is 11.7. The van der Waals surface area contributed by atoms with Crippen LogP contribution >= 0.6 is 0 Å². The molecule has 1 aromatic rings. The van der Waals surface area contributed by atoms with Gasteiger partial charge in [0.25, 0.3) is 0 Å². The van der Waals surface area contributed by atoms with Crippen LogP contribution in [0.15, 0.2) is 41.0 Å². The van der Waals surface area contributed by atoms with Crippen molar-refractivity contribution < 1.29 is 4.79 Å². The Morgan fingerprint density at radius 1 is 1.35 bits per heavy atom. The van der Waals surface area contributed by atoms with E-state index in [4.69, 9.17) is 0 Å². The minimum atomic E-state index is 0.146. The number of benzene rings is 1. The number of rotatable bonds is 3. The molecule has 1 atom stereocenters. The number of hydrazine groups is 1. The number of nitrogens with one attached hydrogen (secondary N) is 2. The molecule has 3 rings (SSSR count). The average Bonchev–Trinajstić information content (AvgIpc) is 2.75. The van der Waals surface area contributed by atoms with Crippen molar-refractivity contribution in [2.75, 3.05) is 0 Å². The molecule has 86 valence electrons. The molecule has 0 spiro atoms. The Hall–Kier alpha value is -1.94. The first-order chi connectivity index (χ1) is 8.40. The number of hydrogen-bond donors (Lipinski definition) is 2. The molecule has 1 aromatic carbocycles. The lowest BCUT2D eigenvalue weighted by Crippen LogP contribution is -2.43. The van der Waals surface area contributed by atoms with E-state index in [1.165, 1.54) is 10.8 Å². The number of amides is 1. The lowest BCUT2D eigenvalue weighted by molar-refractivity contribution is -0.110. The van der Waals surface area contributed by atoms with E-state index in [1.54, 1.807) is 0 Å². The third-order valence-electron chi connectivity index (χ3n) is 3.17. The highest BCUT2D eigenvalue weighted by Crippen LogP contribution is 2.26. The number of para-hydroxylation sites is 1. The second-order valence-electron chi connectivity index (χ2n) is 4.17. The third kappa shape index (κ3) is 1.66. The van der Waals surface area contributed by atoms with Gasteiger partial charge in [0.2, 0.25) is 6.41 Å². The van der Waals surface area contributed by atoms with E-state index in [9.17, 15) is 4.79 Å².